The molecule has 1 aliphatic heterocycles. The molecule has 0 bridgehead atoms. The maximum absolute atomic E-state index is 12.1. The van der Waals surface area contributed by atoms with Crippen molar-refractivity contribution in [3.8, 4) is 0 Å². The minimum absolute atomic E-state index is 0.129. The van der Waals surface area contributed by atoms with Crippen molar-refractivity contribution in [1.82, 2.24) is 0 Å². The van der Waals surface area contributed by atoms with Gasteiger partial charge in [-0.05, 0) is 59.1 Å². The highest BCUT2D eigenvalue weighted by molar-refractivity contribution is 9.10. The van der Waals surface area contributed by atoms with Gasteiger partial charge in [0, 0.05) is 24.3 Å². The van der Waals surface area contributed by atoms with E-state index in [1.165, 1.54) is 0 Å². The third-order valence-electron chi connectivity index (χ3n) is 3.54. The summed E-state index contributed by atoms with van der Waals surface area (Å²) >= 11 is 3.17. The lowest BCUT2D eigenvalue weighted by molar-refractivity contribution is -0.119. The van der Waals surface area contributed by atoms with E-state index < -0.39 is 0 Å². The second-order valence-corrected chi connectivity index (χ2v) is 5.89. The van der Waals surface area contributed by atoms with Crippen LogP contribution in [0.3, 0.4) is 0 Å². The number of piperidine rings is 1. The summed E-state index contributed by atoms with van der Waals surface area (Å²) in [7, 11) is 0. The largest absolute Gasteiger partial charge is 0.444 e. The lowest BCUT2D eigenvalue weighted by atomic mass is 10.1. The van der Waals surface area contributed by atoms with Crippen LogP contribution in [0.1, 0.15) is 29.8 Å². The van der Waals surface area contributed by atoms with E-state index >= 15 is 0 Å². The fourth-order valence-electron chi connectivity index (χ4n) is 2.46. The zero-order chi connectivity index (χ0) is 15.5. The van der Waals surface area contributed by atoms with Crippen LogP contribution in [0.25, 0.3) is 0 Å². The van der Waals surface area contributed by atoms with Gasteiger partial charge in [-0.15, -0.1) is 0 Å². The molecule has 0 atom stereocenters. The molecule has 1 saturated heterocycles. The lowest BCUT2D eigenvalue weighted by Crippen LogP contribution is -2.35. The molecular formula is C16H15BrN2O3. The normalized spacial score (nSPS) is 15.0. The highest BCUT2D eigenvalue weighted by Crippen LogP contribution is 2.24. The summed E-state index contributed by atoms with van der Waals surface area (Å²) in [5, 5.41) is 2.77. The number of carbonyl (C=O) groups excluding carboxylic acids is 2. The number of nitrogens with one attached hydrogen (secondary N) is 1. The van der Waals surface area contributed by atoms with Crippen LogP contribution in [0, 0.1) is 0 Å². The van der Waals surface area contributed by atoms with Gasteiger partial charge in [-0.2, -0.15) is 0 Å². The van der Waals surface area contributed by atoms with Crippen LogP contribution in [0.2, 0.25) is 0 Å². The van der Waals surface area contributed by atoms with Crippen molar-refractivity contribution in [2.45, 2.75) is 19.3 Å². The Morgan fingerprint density at radius 2 is 2.09 bits per heavy atom. The summed E-state index contributed by atoms with van der Waals surface area (Å²) in [6, 6.07) is 10.6. The van der Waals surface area contributed by atoms with Gasteiger partial charge >= 0.3 is 0 Å². The number of nitrogens with zero attached hydrogens (tertiary/aromatic N) is 1. The molecule has 6 heteroatoms. The van der Waals surface area contributed by atoms with Gasteiger partial charge in [0.2, 0.25) is 5.91 Å². The zero-order valence-electron chi connectivity index (χ0n) is 11.8. The highest BCUT2D eigenvalue weighted by Gasteiger charge is 2.20. The summed E-state index contributed by atoms with van der Waals surface area (Å²) < 4.78 is 5.73. The van der Waals surface area contributed by atoms with Crippen molar-refractivity contribution in [3.63, 3.8) is 0 Å². The molecule has 22 heavy (non-hydrogen) atoms. The van der Waals surface area contributed by atoms with Gasteiger partial charge in [0.15, 0.2) is 10.4 Å². The topological polar surface area (TPSA) is 62.6 Å². The summed E-state index contributed by atoms with van der Waals surface area (Å²) in [6.07, 6.45) is 2.53. The van der Waals surface area contributed by atoms with Crippen molar-refractivity contribution in [3.05, 3.63) is 46.8 Å². The first-order chi connectivity index (χ1) is 10.6. The molecule has 1 fully saturated rings. The van der Waals surface area contributed by atoms with E-state index in [9.17, 15) is 9.59 Å². The molecule has 1 N–H and O–H groups in total. The molecule has 0 spiro atoms. The number of furan rings is 1. The summed E-state index contributed by atoms with van der Waals surface area (Å²) in [5.41, 5.74) is 1.44. The first kappa shape index (κ1) is 14.8. The molecule has 1 aromatic heterocycles. The average molecular weight is 363 g/mol. The maximum atomic E-state index is 12.1. The van der Waals surface area contributed by atoms with Crippen LogP contribution in [0.15, 0.2) is 45.5 Å². The van der Waals surface area contributed by atoms with Gasteiger partial charge < -0.3 is 14.6 Å². The van der Waals surface area contributed by atoms with Gasteiger partial charge in [0.1, 0.15) is 0 Å². The Morgan fingerprint density at radius 3 is 2.82 bits per heavy atom. The molecule has 0 saturated carbocycles. The van der Waals surface area contributed by atoms with E-state index in [0.29, 0.717) is 16.8 Å². The number of anilines is 2. The average Bonchev–Trinajstić information content (AvgIpc) is 2.95. The molecular weight excluding hydrogens is 348 g/mol. The van der Waals surface area contributed by atoms with Crippen LogP contribution in [0.4, 0.5) is 11.4 Å². The van der Waals surface area contributed by atoms with E-state index in [4.69, 9.17) is 4.42 Å². The van der Waals surface area contributed by atoms with E-state index in [0.717, 1.165) is 25.1 Å². The number of hydrogen-bond donors (Lipinski definition) is 1. The van der Waals surface area contributed by atoms with Crippen LogP contribution >= 0.6 is 15.9 Å². The SMILES string of the molecule is O=C(Nc1cccc(N2CCCCC2=O)c1)c1ccc(Br)o1. The van der Waals surface area contributed by atoms with Crippen molar-refractivity contribution < 1.29 is 14.0 Å². The Kier molecular flexibility index (Phi) is 4.29. The van der Waals surface area contributed by atoms with Crippen LogP contribution < -0.4 is 10.2 Å². The molecule has 1 aliphatic rings. The predicted octanol–water partition coefficient (Wildman–Crippen LogP) is 3.81. The zero-order valence-corrected chi connectivity index (χ0v) is 13.4. The molecule has 2 amide bonds. The smallest absolute Gasteiger partial charge is 0.291 e. The van der Waals surface area contributed by atoms with E-state index in [1.807, 2.05) is 12.1 Å². The van der Waals surface area contributed by atoms with Crippen molar-refractivity contribution in [2.75, 3.05) is 16.8 Å². The van der Waals surface area contributed by atoms with Crippen LogP contribution in [0.5, 0.6) is 0 Å². The molecule has 0 radical (unpaired) electrons. The Labute approximate surface area is 136 Å². The first-order valence-electron chi connectivity index (χ1n) is 7.10. The molecule has 0 aliphatic carbocycles. The maximum Gasteiger partial charge on any atom is 0.291 e. The molecule has 2 aromatic rings. The Bertz CT molecular complexity index is 711. The van der Waals surface area contributed by atoms with Crippen molar-refractivity contribution >= 4 is 39.1 Å². The second kappa shape index (κ2) is 6.36. The number of rotatable bonds is 3. The van der Waals surface area contributed by atoms with Crippen LogP contribution in [-0.4, -0.2) is 18.4 Å². The predicted molar refractivity (Wildman–Crippen MR) is 87.0 cm³/mol. The molecule has 3 rings (SSSR count). The standard InChI is InChI=1S/C16H15BrN2O3/c17-14-8-7-13(22-14)16(21)18-11-4-3-5-12(10-11)19-9-2-1-6-15(19)20/h3-5,7-8,10H,1-2,6,9H2,(H,18,21). The van der Waals surface area contributed by atoms with Crippen molar-refractivity contribution in [2.24, 2.45) is 0 Å². The van der Waals surface area contributed by atoms with Gasteiger partial charge in [-0.3, -0.25) is 9.59 Å². The monoisotopic (exact) mass is 362 g/mol. The highest BCUT2D eigenvalue weighted by atomic mass is 79.9. The number of halogens is 1. The summed E-state index contributed by atoms with van der Waals surface area (Å²) in [6.45, 7) is 0.724. The molecule has 114 valence electrons. The minimum atomic E-state index is -0.326. The summed E-state index contributed by atoms with van der Waals surface area (Å²) in [5.74, 6) is 0.0313. The quantitative estimate of drug-likeness (QED) is 0.902. The minimum Gasteiger partial charge on any atom is -0.444 e. The van der Waals surface area contributed by atoms with Gasteiger partial charge in [-0.1, -0.05) is 6.07 Å². The van der Waals surface area contributed by atoms with Crippen molar-refractivity contribution in [1.29, 1.82) is 0 Å². The Hall–Kier alpha value is -2.08. The molecule has 5 nitrogen and oxygen atoms in total. The van der Waals surface area contributed by atoms with Gasteiger partial charge in [-0.25, -0.2) is 0 Å². The molecule has 2 heterocycles. The van der Waals surface area contributed by atoms with E-state index in [2.05, 4.69) is 21.2 Å². The number of carbonyl (C=O) groups is 2. The fourth-order valence-corrected chi connectivity index (χ4v) is 2.77. The van der Waals surface area contributed by atoms with E-state index in [1.54, 1.807) is 29.2 Å². The third kappa shape index (κ3) is 3.22. The summed E-state index contributed by atoms with van der Waals surface area (Å²) in [4.78, 5) is 25.8. The van der Waals surface area contributed by atoms with Crippen LogP contribution in [-0.2, 0) is 4.79 Å². The first-order valence-corrected chi connectivity index (χ1v) is 7.90. The fraction of sp³-hybridized carbons (Fsp3) is 0.250. The second-order valence-electron chi connectivity index (χ2n) is 5.11. The lowest BCUT2D eigenvalue weighted by Gasteiger charge is -2.27. The Morgan fingerprint density at radius 1 is 1.23 bits per heavy atom. The van der Waals surface area contributed by atoms with Gasteiger partial charge in [0.05, 0.1) is 0 Å². The number of amides is 2. The number of benzene rings is 1. The molecule has 0 unspecified atom stereocenters. The van der Waals surface area contributed by atoms with E-state index in [-0.39, 0.29) is 17.6 Å². The third-order valence-corrected chi connectivity index (χ3v) is 3.96. The molecule has 1 aromatic carbocycles. The Balaban J connectivity index is 1.76. The van der Waals surface area contributed by atoms with Gasteiger partial charge in [0.25, 0.3) is 5.91 Å². The number of hydrogen-bond acceptors (Lipinski definition) is 3.